The maximum absolute atomic E-state index is 8.58. The Kier molecular flexibility index (Phi) is 3.60. The van der Waals surface area contributed by atoms with Crippen molar-refractivity contribution in [2.75, 3.05) is 6.26 Å². The Morgan fingerprint density at radius 1 is 1.38 bits per heavy atom. The molecule has 0 unspecified atom stereocenters. The average molecular weight is 246 g/mol. The number of benzene rings is 1. The Bertz CT molecular complexity index is 509. The van der Waals surface area contributed by atoms with Crippen LogP contribution in [-0.2, 0) is 6.42 Å². The van der Waals surface area contributed by atoms with Crippen LogP contribution in [0.2, 0.25) is 0 Å². The van der Waals surface area contributed by atoms with Gasteiger partial charge >= 0.3 is 0 Å². The fourth-order valence-electron chi connectivity index (χ4n) is 1.34. The topological polar surface area (TPSA) is 36.7 Å². The summed E-state index contributed by atoms with van der Waals surface area (Å²) in [6, 6.07) is 10.4. The standard InChI is InChI=1S/C12H10N2S2/c1-15-11-4-2-9(3-5-11)12-14-10(6-7-13)8-16-12/h2-5,8H,6H2,1H3. The van der Waals surface area contributed by atoms with Gasteiger partial charge < -0.3 is 0 Å². The van der Waals surface area contributed by atoms with E-state index in [4.69, 9.17) is 5.26 Å². The molecule has 0 fully saturated rings. The Morgan fingerprint density at radius 3 is 2.75 bits per heavy atom. The lowest BCUT2D eigenvalue weighted by Crippen LogP contribution is -1.81. The molecule has 0 aliphatic heterocycles. The highest BCUT2D eigenvalue weighted by Crippen LogP contribution is 2.26. The van der Waals surface area contributed by atoms with E-state index in [9.17, 15) is 0 Å². The smallest absolute Gasteiger partial charge is 0.123 e. The second-order valence-electron chi connectivity index (χ2n) is 3.21. The Morgan fingerprint density at radius 2 is 2.12 bits per heavy atom. The van der Waals surface area contributed by atoms with E-state index in [1.54, 1.807) is 23.1 Å². The van der Waals surface area contributed by atoms with Crippen molar-refractivity contribution in [2.24, 2.45) is 0 Å². The first-order valence-corrected chi connectivity index (χ1v) is 6.89. The van der Waals surface area contributed by atoms with Gasteiger partial charge in [0.05, 0.1) is 18.2 Å². The number of aromatic nitrogens is 1. The van der Waals surface area contributed by atoms with Gasteiger partial charge in [-0.3, -0.25) is 0 Å². The number of nitrogens with zero attached hydrogens (tertiary/aromatic N) is 2. The quantitative estimate of drug-likeness (QED) is 0.776. The predicted octanol–water partition coefficient (Wildman–Crippen LogP) is 3.60. The van der Waals surface area contributed by atoms with Crippen molar-refractivity contribution in [2.45, 2.75) is 11.3 Å². The van der Waals surface area contributed by atoms with E-state index in [-0.39, 0.29) is 0 Å². The summed E-state index contributed by atoms with van der Waals surface area (Å²) in [5, 5.41) is 11.5. The average Bonchev–Trinajstić information content (AvgIpc) is 2.78. The molecule has 4 heteroatoms. The summed E-state index contributed by atoms with van der Waals surface area (Å²) in [4.78, 5) is 5.66. The fraction of sp³-hybridized carbons (Fsp3) is 0.167. The highest BCUT2D eigenvalue weighted by molar-refractivity contribution is 7.98. The van der Waals surface area contributed by atoms with Crippen LogP contribution in [0.3, 0.4) is 0 Å². The first-order valence-electron chi connectivity index (χ1n) is 4.79. The summed E-state index contributed by atoms with van der Waals surface area (Å²) in [6.45, 7) is 0. The molecule has 0 aliphatic carbocycles. The molecule has 0 N–H and O–H groups in total. The summed E-state index contributed by atoms with van der Waals surface area (Å²) in [6.07, 6.45) is 2.45. The fourth-order valence-corrected chi connectivity index (χ4v) is 2.57. The van der Waals surface area contributed by atoms with E-state index in [1.807, 2.05) is 5.38 Å². The van der Waals surface area contributed by atoms with Gasteiger partial charge in [0.2, 0.25) is 0 Å². The van der Waals surface area contributed by atoms with Crippen LogP contribution in [0.1, 0.15) is 5.69 Å². The zero-order valence-corrected chi connectivity index (χ0v) is 10.4. The van der Waals surface area contributed by atoms with Gasteiger partial charge in [-0.1, -0.05) is 12.1 Å². The molecule has 0 spiro atoms. The lowest BCUT2D eigenvalue weighted by Gasteiger charge is -1.98. The van der Waals surface area contributed by atoms with E-state index in [2.05, 4.69) is 41.6 Å². The molecule has 0 saturated carbocycles. The number of hydrogen-bond donors (Lipinski definition) is 0. The highest BCUT2D eigenvalue weighted by Gasteiger charge is 2.04. The van der Waals surface area contributed by atoms with E-state index in [0.717, 1.165) is 16.3 Å². The van der Waals surface area contributed by atoms with Crippen molar-refractivity contribution in [3.8, 4) is 16.6 Å². The van der Waals surface area contributed by atoms with Crippen molar-refractivity contribution in [1.29, 1.82) is 5.26 Å². The Balaban J connectivity index is 2.25. The maximum Gasteiger partial charge on any atom is 0.123 e. The second-order valence-corrected chi connectivity index (χ2v) is 4.95. The third-order valence-corrected chi connectivity index (χ3v) is 3.83. The number of nitriles is 1. The molecule has 1 aromatic carbocycles. The van der Waals surface area contributed by atoms with Crippen LogP contribution in [-0.4, -0.2) is 11.2 Å². The molecule has 0 saturated heterocycles. The van der Waals surface area contributed by atoms with Crippen LogP contribution in [0.5, 0.6) is 0 Å². The number of rotatable bonds is 3. The molecule has 2 rings (SSSR count). The zero-order valence-electron chi connectivity index (χ0n) is 8.80. The second kappa shape index (κ2) is 5.15. The van der Waals surface area contributed by atoms with Gasteiger partial charge in [0.1, 0.15) is 5.01 Å². The van der Waals surface area contributed by atoms with E-state index in [0.29, 0.717) is 6.42 Å². The number of thioether (sulfide) groups is 1. The van der Waals surface area contributed by atoms with Gasteiger partial charge in [0.15, 0.2) is 0 Å². The normalized spacial score (nSPS) is 10.0. The van der Waals surface area contributed by atoms with Crippen molar-refractivity contribution in [3.05, 3.63) is 35.3 Å². The van der Waals surface area contributed by atoms with Crippen LogP contribution in [0.4, 0.5) is 0 Å². The third-order valence-electron chi connectivity index (χ3n) is 2.15. The molecule has 0 radical (unpaired) electrons. The molecule has 0 amide bonds. The maximum atomic E-state index is 8.58. The molecule has 1 aromatic heterocycles. The predicted molar refractivity (Wildman–Crippen MR) is 68.6 cm³/mol. The van der Waals surface area contributed by atoms with Crippen molar-refractivity contribution in [1.82, 2.24) is 4.98 Å². The summed E-state index contributed by atoms with van der Waals surface area (Å²) in [5.74, 6) is 0. The molecule has 0 atom stereocenters. The van der Waals surface area contributed by atoms with Gasteiger partial charge in [-0.05, 0) is 18.4 Å². The number of thiazole rings is 1. The molecular weight excluding hydrogens is 236 g/mol. The van der Waals surface area contributed by atoms with E-state index < -0.39 is 0 Å². The van der Waals surface area contributed by atoms with Gasteiger partial charge in [-0.2, -0.15) is 5.26 Å². The highest BCUT2D eigenvalue weighted by atomic mass is 32.2. The number of hydrogen-bond acceptors (Lipinski definition) is 4. The zero-order chi connectivity index (χ0) is 11.4. The lowest BCUT2D eigenvalue weighted by molar-refractivity contribution is 1.16. The SMILES string of the molecule is CSc1ccc(-c2nc(CC#N)cs2)cc1. The summed E-state index contributed by atoms with van der Waals surface area (Å²) >= 11 is 3.31. The van der Waals surface area contributed by atoms with Crippen molar-refractivity contribution >= 4 is 23.1 Å². The van der Waals surface area contributed by atoms with Crippen LogP contribution >= 0.6 is 23.1 Å². The Labute approximate surface area is 103 Å². The Hall–Kier alpha value is -1.31. The van der Waals surface area contributed by atoms with Gasteiger partial charge in [0.25, 0.3) is 0 Å². The molecule has 2 aromatic rings. The van der Waals surface area contributed by atoms with E-state index in [1.165, 1.54) is 4.90 Å². The van der Waals surface area contributed by atoms with Crippen LogP contribution in [0.25, 0.3) is 10.6 Å². The molecule has 0 bridgehead atoms. The van der Waals surface area contributed by atoms with Crippen molar-refractivity contribution in [3.63, 3.8) is 0 Å². The minimum absolute atomic E-state index is 0.388. The van der Waals surface area contributed by atoms with Crippen LogP contribution in [0.15, 0.2) is 34.5 Å². The first kappa shape index (κ1) is 11.2. The van der Waals surface area contributed by atoms with Crippen LogP contribution < -0.4 is 0 Å². The molecule has 80 valence electrons. The molecular formula is C12H10N2S2. The monoisotopic (exact) mass is 246 g/mol. The molecule has 2 nitrogen and oxygen atoms in total. The van der Waals surface area contributed by atoms with Crippen molar-refractivity contribution < 1.29 is 0 Å². The molecule has 0 aliphatic rings. The van der Waals surface area contributed by atoms with Gasteiger partial charge in [-0.25, -0.2) is 4.98 Å². The first-order chi connectivity index (χ1) is 7.83. The largest absolute Gasteiger partial charge is 0.240 e. The summed E-state index contributed by atoms with van der Waals surface area (Å²) < 4.78 is 0. The molecule has 1 heterocycles. The lowest BCUT2D eigenvalue weighted by atomic mass is 10.2. The van der Waals surface area contributed by atoms with Gasteiger partial charge in [0, 0.05) is 15.8 Å². The minimum Gasteiger partial charge on any atom is -0.240 e. The minimum atomic E-state index is 0.388. The van der Waals surface area contributed by atoms with Crippen LogP contribution in [0, 0.1) is 11.3 Å². The van der Waals surface area contributed by atoms with E-state index >= 15 is 0 Å². The third kappa shape index (κ3) is 2.43. The summed E-state index contributed by atoms with van der Waals surface area (Å²) in [5.41, 5.74) is 1.98. The van der Waals surface area contributed by atoms with Gasteiger partial charge in [-0.15, -0.1) is 23.1 Å². The molecule has 16 heavy (non-hydrogen) atoms. The summed E-state index contributed by atoms with van der Waals surface area (Å²) in [7, 11) is 0.